The van der Waals surface area contributed by atoms with E-state index in [9.17, 15) is 9.59 Å². The minimum absolute atomic E-state index is 0.221. The van der Waals surface area contributed by atoms with Gasteiger partial charge in [0.05, 0.1) is 7.11 Å². The number of hydrogen-bond acceptors (Lipinski definition) is 3. The maximum absolute atomic E-state index is 12.6. The molecular formula is C21H23ClN2O3. The van der Waals surface area contributed by atoms with Gasteiger partial charge >= 0.3 is 0 Å². The predicted octanol–water partition coefficient (Wildman–Crippen LogP) is 3.73. The molecule has 0 aliphatic heterocycles. The van der Waals surface area contributed by atoms with Crippen LogP contribution < -0.4 is 15.4 Å². The van der Waals surface area contributed by atoms with Gasteiger partial charge < -0.3 is 15.4 Å². The molecule has 2 aromatic rings. The summed E-state index contributed by atoms with van der Waals surface area (Å²) < 4.78 is 5.20. The van der Waals surface area contributed by atoms with E-state index >= 15 is 0 Å². The summed E-state index contributed by atoms with van der Waals surface area (Å²) in [6.45, 7) is 2.36. The van der Waals surface area contributed by atoms with Gasteiger partial charge in [0.25, 0.3) is 0 Å². The van der Waals surface area contributed by atoms with E-state index in [2.05, 4.69) is 10.6 Å². The number of nitrogens with one attached hydrogen (secondary N) is 2. The van der Waals surface area contributed by atoms with E-state index in [1.807, 2.05) is 37.3 Å². The summed E-state index contributed by atoms with van der Waals surface area (Å²) in [5, 5.41) is 6.29. The van der Waals surface area contributed by atoms with Crippen LogP contribution in [0.1, 0.15) is 24.0 Å². The molecule has 2 amide bonds. The van der Waals surface area contributed by atoms with Crippen molar-refractivity contribution in [2.24, 2.45) is 5.41 Å². The normalized spacial score (nSPS) is 14.3. The van der Waals surface area contributed by atoms with Crippen molar-refractivity contribution in [2.75, 3.05) is 19.0 Å². The zero-order chi connectivity index (χ0) is 19.4. The Balaban J connectivity index is 1.55. The lowest BCUT2D eigenvalue weighted by molar-refractivity contribution is -0.134. The van der Waals surface area contributed by atoms with Crippen LogP contribution in [0.4, 0.5) is 5.69 Å². The number of hydrogen-bond donors (Lipinski definition) is 2. The van der Waals surface area contributed by atoms with E-state index in [1.54, 1.807) is 19.2 Å². The van der Waals surface area contributed by atoms with Gasteiger partial charge in [-0.25, -0.2) is 0 Å². The molecule has 1 aliphatic carbocycles. The molecule has 0 aromatic heterocycles. The Kier molecular flexibility index (Phi) is 5.71. The molecule has 1 aliphatic rings. The first-order chi connectivity index (χ1) is 12.9. The quantitative estimate of drug-likeness (QED) is 0.712. The Bertz CT molecular complexity index is 862. The van der Waals surface area contributed by atoms with Crippen molar-refractivity contribution >= 4 is 29.1 Å². The number of anilines is 1. The Labute approximate surface area is 164 Å². The summed E-state index contributed by atoms with van der Waals surface area (Å²) in [5.41, 5.74) is 1.64. The molecule has 142 valence electrons. The van der Waals surface area contributed by atoms with Gasteiger partial charge in [0.15, 0.2) is 0 Å². The van der Waals surface area contributed by atoms with Crippen LogP contribution in [0.25, 0.3) is 0 Å². The zero-order valence-electron chi connectivity index (χ0n) is 15.5. The topological polar surface area (TPSA) is 67.4 Å². The Morgan fingerprint density at radius 1 is 1.15 bits per heavy atom. The summed E-state index contributed by atoms with van der Waals surface area (Å²) in [4.78, 5) is 25.2. The number of carbonyl (C=O) groups excluding carboxylic acids is 2. The first-order valence-electron chi connectivity index (χ1n) is 8.93. The van der Waals surface area contributed by atoms with Gasteiger partial charge in [0.2, 0.25) is 11.8 Å². The molecule has 0 saturated heterocycles. The smallest absolute Gasteiger partial charge is 0.240 e. The van der Waals surface area contributed by atoms with Crippen molar-refractivity contribution in [3.8, 4) is 5.75 Å². The third kappa shape index (κ3) is 4.42. The highest BCUT2D eigenvalue weighted by Crippen LogP contribution is 2.47. The molecule has 6 heteroatoms. The highest BCUT2D eigenvalue weighted by atomic mass is 35.5. The summed E-state index contributed by atoms with van der Waals surface area (Å²) in [5.74, 6) is 0.288. The van der Waals surface area contributed by atoms with Gasteiger partial charge in [0, 0.05) is 17.3 Å². The zero-order valence-corrected chi connectivity index (χ0v) is 16.2. The second-order valence-electron chi connectivity index (χ2n) is 6.86. The van der Waals surface area contributed by atoms with Crippen molar-refractivity contribution in [3.05, 3.63) is 58.6 Å². The maximum atomic E-state index is 12.6. The Hall–Kier alpha value is -2.53. The fourth-order valence-corrected chi connectivity index (χ4v) is 3.10. The molecule has 0 unspecified atom stereocenters. The van der Waals surface area contributed by atoms with Gasteiger partial charge in [-0.2, -0.15) is 0 Å². The van der Waals surface area contributed by atoms with E-state index in [0.717, 1.165) is 16.9 Å². The standard InChI is InChI=1S/C21H23ClN2O3/c1-14-6-7-16(13-18(14)22)24-20(26)21(9-10-21)19(25)23-11-8-15-4-3-5-17(12-15)27-2/h3-7,12-13H,8-11H2,1-2H3,(H,23,25)(H,24,26). The number of ether oxygens (including phenoxy) is 1. The van der Waals surface area contributed by atoms with E-state index in [-0.39, 0.29) is 11.8 Å². The van der Waals surface area contributed by atoms with Crippen LogP contribution in [-0.2, 0) is 16.0 Å². The number of aryl methyl sites for hydroxylation is 1. The molecule has 1 saturated carbocycles. The SMILES string of the molecule is COc1cccc(CCNC(=O)C2(C(=O)Nc3ccc(C)c(Cl)c3)CC2)c1. The van der Waals surface area contributed by atoms with Crippen LogP contribution in [0.3, 0.4) is 0 Å². The number of carbonyl (C=O) groups is 2. The second-order valence-corrected chi connectivity index (χ2v) is 7.26. The molecule has 3 rings (SSSR count). The molecule has 0 spiro atoms. The van der Waals surface area contributed by atoms with E-state index in [4.69, 9.17) is 16.3 Å². The molecule has 2 aromatic carbocycles. The van der Waals surface area contributed by atoms with Crippen molar-refractivity contribution < 1.29 is 14.3 Å². The number of amides is 2. The molecule has 27 heavy (non-hydrogen) atoms. The van der Waals surface area contributed by atoms with Crippen molar-refractivity contribution in [2.45, 2.75) is 26.2 Å². The first kappa shape index (κ1) is 19.2. The maximum Gasteiger partial charge on any atom is 0.240 e. The molecule has 2 N–H and O–H groups in total. The third-order valence-corrected chi connectivity index (χ3v) is 5.29. The number of methoxy groups -OCH3 is 1. The van der Waals surface area contributed by atoms with Crippen molar-refractivity contribution in [1.82, 2.24) is 5.32 Å². The van der Waals surface area contributed by atoms with Gasteiger partial charge in [0.1, 0.15) is 11.2 Å². The lowest BCUT2D eigenvalue weighted by Gasteiger charge is -2.16. The van der Waals surface area contributed by atoms with E-state index in [1.165, 1.54) is 0 Å². The highest BCUT2D eigenvalue weighted by Gasteiger charge is 2.56. The van der Waals surface area contributed by atoms with E-state index in [0.29, 0.717) is 36.5 Å². The number of halogens is 1. The summed E-state index contributed by atoms with van der Waals surface area (Å²) >= 11 is 6.10. The summed E-state index contributed by atoms with van der Waals surface area (Å²) in [7, 11) is 1.62. The Morgan fingerprint density at radius 2 is 1.93 bits per heavy atom. The van der Waals surface area contributed by atoms with E-state index < -0.39 is 5.41 Å². The minimum atomic E-state index is -0.967. The van der Waals surface area contributed by atoms with Gasteiger partial charge in [-0.05, 0) is 61.6 Å². The minimum Gasteiger partial charge on any atom is -0.497 e. The monoisotopic (exact) mass is 386 g/mol. The fourth-order valence-electron chi connectivity index (χ4n) is 2.92. The molecule has 5 nitrogen and oxygen atoms in total. The van der Waals surface area contributed by atoms with Crippen LogP contribution in [0.15, 0.2) is 42.5 Å². The van der Waals surface area contributed by atoms with Crippen LogP contribution in [0, 0.1) is 12.3 Å². The molecule has 0 radical (unpaired) electrons. The molecular weight excluding hydrogens is 364 g/mol. The number of benzene rings is 2. The van der Waals surface area contributed by atoms with Crippen LogP contribution in [0.2, 0.25) is 5.02 Å². The highest BCUT2D eigenvalue weighted by molar-refractivity contribution is 6.31. The molecule has 0 heterocycles. The van der Waals surface area contributed by atoms with Crippen LogP contribution in [-0.4, -0.2) is 25.5 Å². The lowest BCUT2D eigenvalue weighted by atomic mass is 10.0. The Morgan fingerprint density at radius 3 is 2.59 bits per heavy atom. The summed E-state index contributed by atoms with van der Waals surface area (Å²) in [6.07, 6.45) is 1.79. The largest absolute Gasteiger partial charge is 0.497 e. The second kappa shape index (κ2) is 8.01. The van der Waals surface area contributed by atoms with Gasteiger partial charge in [-0.3, -0.25) is 9.59 Å². The molecule has 0 atom stereocenters. The molecule has 0 bridgehead atoms. The summed E-state index contributed by atoms with van der Waals surface area (Å²) in [6, 6.07) is 13.0. The average Bonchev–Trinajstić information content (AvgIpc) is 3.47. The average molecular weight is 387 g/mol. The van der Waals surface area contributed by atoms with Gasteiger partial charge in [-0.1, -0.05) is 29.8 Å². The number of rotatable bonds is 7. The van der Waals surface area contributed by atoms with Crippen molar-refractivity contribution in [3.63, 3.8) is 0 Å². The van der Waals surface area contributed by atoms with Crippen molar-refractivity contribution in [1.29, 1.82) is 0 Å². The van der Waals surface area contributed by atoms with Crippen LogP contribution >= 0.6 is 11.6 Å². The third-order valence-electron chi connectivity index (χ3n) is 4.88. The van der Waals surface area contributed by atoms with Gasteiger partial charge in [-0.15, -0.1) is 0 Å². The lowest BCUT2D eigenvalue weighted by Crippen LogP contribution is -2.40. The predicted molar refractivity (Wildman–Crippen MR) is 106 cm³/mol. The first-order valence-corrected chi connectivity index (χ1v) is 9.31. The fraction of sp³-hybridized carbons (Fsp3) is 0.333. The van der Waals surface area contributed by atoms with Crippen LogP contribution in [0.5, 0.6) is 5.75 Å². The molecule has 1 fully saturated rings.